The van der Waals surface area contributed by atoms with E-state index in [2.05, 4.69) is 10.6 Å². The minimum atomic E-state index is -0.234. The van der Waals surface area contributed by atoms with Crippen LogP contribution in [-0.2, 0) is 9.59 Å². The van der Waals surface area contributed by atoms with Gasteiger partial charge in [0.15, 0.2) is 0 Å². The van der Waals surface area contributed by atoms with Crippen molar-refractivity contribution >= 4 is 41.1 Å². The first kappa shape index (κ1) is 14.9. The van der Waals surface area contributed by atoms with Gasteiger partial charge in [-0.15, -0.1) is 0 Å². The van der Waals surface area contributed by atoms with Crippen LogP contribution in [0.2, 0.25) is 10.0 Å². The second-order valence-corrected chi connectivity index (χ2v) is 5.33. The fourth-order valence-electron chi connectivity index (χ4n) is 1.93. The monoisotopic (exact) mass is 312 g/mol. The molecule has 1 aliphatic heterocycles. The molecule has 1 fully saturated rings. The van der Waals surface area contributed by atoms with E-state index in [0.29, 0.717) is 35.0 Å². The first-order valence-electron chi connectivity index (χ1n) is 6.25. The lowest BCUT2D eigenvalue weighted by atomic mass is 10.1. The predicted octanol–water partition coefficient (Wildman–Crippen LogP) is 2.40. The molecule has 1 saturated heterocycles. The molecule has 1 atom stereocenters. The van der Waals surface area contributed by atoms with Gasteiger partial charge in [-0.2, -0.15) is 0 Å². The SMILES string of the molecule is O=C(C=Cc1c(Cl)cccc1Cl)NC1CCC(=O)NC1. The normalized spacial score (nSPS) is 18.9. The van der Waals surface area contributed by atoms with Crippen molar-refractivity contribution in [3.8, 4) is 0 Å². The molecular formula is C14H14Cl2N2O2. The van der Waals surface area contributed by atoms with E-state index < -0.39 is 0 Å². The topological polar surface area (TPSA) is 58.2 Å². The lowest BCUT2D eigenvalue weighted by Crippen LogP contribution is -2.47. The number of hydrogen-bond acceptors (Lipinski definition) is 2. The summed E-state index contributed by atoms with van der Waals surface area (Å²) in [5.74, 6) is -0.212. The fourth-order valence-corrected chi connectivity index (χ4v) is 2.46. The third-order valence-electron chi connectivity index (χ3n) is 3.01. The molecule has 20 heavy (non-hydrogen) atoms. The highest BCUT2D eigenvalue weighted by Crippen LogP contribution is 2.25. The molecule has 0 aromatic heterocycles. The quantitative estimate of drug-likeness (QED) is 0.842. The van der Waals surface area contributed by atoms with E-state index >= 15 is 0 Å². The van der Waals surface area contributed by atoms with Crippen LogP contribution < -0.4 is 10.6 Å². The van der Waals surface area contributed by atoms with Crippen molar-refractivity contribution < 1.29 is 9.59 Å². The largest absolute Gasteiger partial charge is 0.354 e. The molecule has 1 heterocycles. The summed E-state index contributed by atoms with van der Waals surface area (Å²) in [6.07, 6.45) is 4.06. The van der Waals surface area contributed by atoms with Crippen molar-refractivity contribution in [3.63, 3.8) is 0 Å². The molecule has 2 amide bonds. The average molecular weight is 313 g/mol. The minimum absolute atomic E-state index is 0.0221. The average Bonchev–Trinajstić information content (AvgIpc) is 2.41. The molecule has 2 rings (SSSR count). The number of amides is 2. The van der Waals surface area contributed by atoms with Crippen LogP contribution in [0.5, 0.6) is 0 Å². The first-order valence-corrected chi connectivity index (χ1v) is 7.01. The molecule has 6 heteroatoms. The van der Waals surface area contributed by atoms with E-state index in [-0.39, 0.29) is 17.9 Å². The number of halogens is 2. The Labute approximate surface area is 127 Å². The fraction of sp³-hybridized carbons (Fsp3) is 0.286. The molecule has 0 aliphatic carbocycles. The van der Waals surface area contributed by atoms with Gasteiger partial charge in [-0.25, -0.2) is 0 Å². The number of rotatable bonds is 3. The van der Waals surface area contributed by atoms with Gasteiger partial charge in [0, 0.05) is 40.7 Å². The molecular weight excluding hydrogens is 299 g/mol. The van der Waals surface area contributed by atoms with Crippen molar-refractivity contribution in [3.05, 3.63) is 39.9 Å². The van der Waals surface area contributed by atoms with Crippen LogP contribution in [0.15, 0.2) is 24.3 Å². The van der Waals surface area contributed by atoms with E-state index in [9.17, 15) is 9.59 Å². The van der Waals surface area contributed by atoms with Gasteiger partial charge < -0.3 is 10.6 Å². The Balaban J connectivity index is 1.94. The highest BCUT2D eigenvalue weighted by atomic mass is 35.5. The van der Waals surface area contributed by atoms with Gasteiger partial charge >= 0.3 is 0 Å². The van der Waals surface area contributed by atoms with Crippen LogP contribution in [-0.4, -0.2) is 24.4 Å². The molecule has 0 bridgehead atoms. The summed E-state index contributed by atoms with van der Waals surface area (Å²) in [6.45, 7) is 0.464. The van der Waals surface area contributed by atoms with Crippen molar-refractivity contribution in [2.75, 3.05) is 6.54 Å². The zero-order valence-electron chi connectivity index (χ0n) is 10.7. The van der Waals surface area contributed by atoms with E-state index in [0.717, 1.165) is 0 Å². The Morgan fingerprint density at radius 2 is 2.05 bits per heavy atom. The summed E-state index contributed by atoms with van der Waals surface area (Å²) >= 11 is 12.0. The molecule has 0 radical (unpaired) electrons. The third-order valence-corrected chi connectivity index (χ3v) is 3.67. The van der Waals surface area contributed by atoms with E-state index in [4.69, 9.17) is 23.2 Å². The van der Waals surface area contributed by atoms with Gasteiger partial charge in [0.1, 0.15) is 0 Å². The first-order chi connectivity index (χ1) is 9.56. The van der Waals surface area contributed by atoms with Gasteiger partial charge in [0.05, 0.1) is 0 Å². The Bertz CT molecular complexity index is 528. The highest BCUT2D eigenvalue weighted by molar-refractivity contribution is 6.37. The molecule has 2 N–H and O–H groups in total. The third kappa shape index (κ3) is 3.99. The van der Waals surface area contributed by atoms with Crippen molar-refractivity contribution in [1.82, 2.24) is 10.6 Å². The molecule has 1 aromatic carbocycles. The van der Waals surface area contributed by atoms with Gasteiger partial charge in [-0.1, -0.05) is 29.3 Å². The molecule has 106 valence electrons. The van der Waals surface area contributed by atoms with Crippen LogP contribution in [0.4, 0.5) is 0 Å². The molecule has 0 spiro atoms. The zero-order valence-corrected chi connectivity index (χ0v) is 12.2. The minimum Gasteiger partial charge on any atom is -0.354 e. The molecule has 4 nitrogen and oxygen atoms in total. The van der Waals surface area contributed by atoms with Crippen LogP contribution in [0, 0.1) is 0 Å². The maximum atomic E-state index is 11.8. The summed E-state index contributed by atoms with van der Waals surface area (Å²) in [6, 6.07) is 5.13. The van der Waals surface area contributed by atoms with Gasteiger partial charge in [0.2, 0.25) is 11.8 Å². The van der Waals surface area contributed by atoms with Crippen molar-refractivity contribution in [2.24, 2.45) is 0 Å². The molecule has 0 saturated carbocycles. The lowest BCUT2D eigenvalue weighted by Gasteiger charge is -2.22. The lowest BCUT2D eigenvalue weighted by molar-refractivity contribution is -0.124. The smallest absolute Gasteiger partial charge is 0.244 e. The Morgan fingerprint density at radius 3 is 2.65 bits per heavy atom. The number of hydrogen-bond donors (Lipinski definition) is 2. The zero-order chi connectivity index (χ0) is 14.5. The number of piperidine rings is 1. The predicted molar refractivity (Wildman–Crippen MR) is 79.7 cm³/mol. The number of carbonyl (C=O) groups is 2. The van der Waals surface area contributed by atoms with E-state index in [1.54, 1.807) is 24.3 Å². The summed E-state index contributed by atoms with van der Waals surface area (Å²) in [5.41, 5.74) is 0.614. The Hall–Kier alpha value is -1.52. The van der Waals surface area contributed by atoms with E-state index in [1.165, 1.54) is 6.08 Å². The van der Waals surface area contributed by atoms with E-state index in [1.807, 2.05) is 0 Å². The second-order valence-electron chi connectivity index (χ2n) is 4.52. The summed E-state index contributed by atoms with van der Waals surface area (Å²) < 4.78 is 0. The number of carbonyl (C=O) groups excluding carboxylic acids is 2. The molecule has 1 unspecified atom stereocenters. The molecule has 1 aliphatic rings. The van der Waals surface area contributed by atoms with Gasteiger partial charge in [0.25, 0.3) is 0 Å². The molecule has 1 aromatic rings. The van der Waals surface area contributed by atoms with Gasteiger partial charge in [-0.3, -0.25) is 9.59 Å². The standard InChI is InChI=1S/C14H14Cl2N2O2/c15-11-2-1-3-12(16)10(11)5-7-14(20)18-9-4-6-13(19)17-8-9/h1-3,5,7,9H,4,6,8H2,(H,17,19)(H,18,20). The summed E-state index contributed by atoms with van der Waals surface area (Å²) in [4.78, 5) is 22.8. The van der Waals surface area contributed by atoms with Crippen LogP contribution in [0.3, 0.4) is 0 Å². The Kier molecular flexibility index (Phi) is 5.04. The van der Waals surface area contributed by atoms with Gasteiger partial charge in [-0.05, 0) is 24.6 Å². The Morgan fingerprint density at radius 1 is 1.35 bits per heavy atom. The second kappa shape index (κ2) is 6.77. The highest BCUT2D eigenvalue weighted by Gasteiger charge is 2.18. The maximum absolute atomic E-state index is 11.8. The maximum Gasteiger partial charge on any atom is 0.244 e. The summed E-state index contributed by atoms with van der Waals surface area (Å²) in [7, 11) is 0. The number of benzene rings is 1. The van der Waals surface area contributed by atoms with Crippen molar-refractivity contribution in [2.45, 2.75) is 18.9 Å². The van der Waals surface area contributed by atoms with Crippen molar-refractivity contribution in [1.29, 1.82) is 0 Å². The number of nitrogens with one attached hydrogen (secondary N) is 2. The van der Waals surface area contributed by atoms with Crippen LogP contribution in [0.1, 0.15) is 18.4 Å². The summed E-state index contributed by atoms with van der Waals surface area (Å²) in [5, 5.41) is 6.52. The van der Waals surface area contributed by atoms with Crippen LogP contribution in [0.25, 0.3) is 6.08 Å². The van der Waals surface area contributed by atoms with Crippen LogP contribution >= 0.6 is 23.2 Å².